The number of furan rings is 1. The van der Waals surface area contributed by atoms with Crippen LogP contribution in [0.2, 0.25) is 0 Å². The van der Waals surface area contributed by atoms with E-state index in [-0.39, 0.29) is 17.8 Å². The zero-order chi connectivity index (χ0) is 16.7. The molecule has 2 aromatic heterocycles. The predicted molar refractivity (Wildman–Crippen MR) is 86.4 cm³/mol. The molecule has 0 unspecified atom stereocenters. The first kappa shape index (κ1) is 14.7. The number of aromatic nitrogens is 2. The quantitative estimate of drug-likeness (QED) is 0.799. The van der Waals surface area contributed by atoms with Gasteiger partial charge in [0.05, 0.1) is 5.69 Å². The van der Waals surface area contributed by atoms with Crippen molar-refractivity contribution in [3.63, 3.8) is 0 Å². The summed E-state index contributed by atoms with van der Waals surface area (Å²) in [6.45, 7) is 1.85. The van der Waals surface area contributed by atoms with Gasteiger partial charge < -0.3 is 9.73 Å². The van der Waals surface area contributed by atoms with Gasteiger partial charge in [-0.05, 0) is 56.2 Å². The van der Waals surface area contributed by atoms with Gasteiger partial charge >= 0.3 is 0 Å². The largest absolute Gasteiger partial charge is 0.460 e. The van der Waals surface area contributed by atoms with Gasteiger partial charge in [0.25, 0.3) is 5.91 Å². The van der Waals surface area contributed by atoms with Crippen LogP contribution in [0.5, 0.6) is 0 Å². The van der Waals surface area contributed by atoms with Gasteiger partial charge in [0, 0.05) is 12.1 Å². The Morgan fingerprint density at radius 3 is 2.62 bits per heavy atom. The Bertz CT molecular complexity index is 891. The molecule has 5 nitrogen and oxygen atoms in total. The Hall–Kier alpha value is -2.89. The Balaban J connectivity index is 1.78. The first-order chi connectivity index (χ1) is 11.6. The molecule has 0 radical (unpaired) electrons. The number of aryl methyl sites for hydroxylation is 1. The summed E-state index contributed by atoms with van der Waals surface area (Å²) in [5, 5.41) is 7.44. The van der Waals surface area contributed by atoms with Crippen molar-refractivity contribution < 1.29 is 13.6 Å². The van der Waals surface area contributed by atoms with Crippen LogP contribution in [0, 0.1) is 12.7 Å². The van der Waals surface area contributed by atoms with Crippen LogP contribution in [-0.2, 0) is 0 Å². The summed E-state index contributed by atoms with van der Waals surface area (Å²) in [4.78, 5) is 12.5. The summed E-state index contributed by atoms with van der Waals surface area (Å²) in [6, 6.07) is 11.5. The third kappa shape index (κ3) is 2.82. The van der Waals surface area contributed by atoms with Crippen LogP contribution in [0.3, 0.4) is 0 Å². The van der Waals surface area contributed by atoms with E-state index < -0.39 is 0 Å². The normalized spacial score (nSPS) is 13.9. The van der Waals surface area contributed by atoms with Crippen LogP contribution >= 0.6 is 0 Å². The molecule has 1 aliphatic rings. The van der Waals surface area contributed by atoms with E-state index in [0.29, 0.717) is 22.8 Å². The molecular weight excluding hydrogens is 309 g/mol. The van der Waals surface area contributed by atoms with E-state index in [4.69, 9.17) is 4.42 Å². The van der Waals surface area contributed by atoms with Gasteiger partial charge in [-0.1, -0.05) is 0 Å². The van der Waals surface area contributed by atoms with E-state index in [0.717, 1.165) is 18.6 Å². The molecule has 0 spiro atoms. The minimum absolute atomic E-state index is 0.191. The summed E-state index contributed by atoms with van der Waals surface area (Å²) in [5.74, 6) is 0.833. The fourth-order valence-corrected chi connectivity index (χ4v) is 2.50. The summed E-state index contributed by atoms with van der Waals surface area (Å²) in [7, 11) is 0. The molecule has 1 saturated carbocycles. The molecule has 1 amide bonds. The van der Waals surface area contributed by atoms with Crippen LogP contribution in [0.4, 0.5) is 4.39 Å². The molecule has 0 atom stereocenters. The van der Waals surface area contributed by atoms with E-state index in [9.17, 15) is 9.18 Å². The molecule has 4 rings (SSSR count). The second-order valence-corrected chi connectivity index (χ2v) is 5.96. The molecule has 1 aromatic carbocycles. The monoisotopic (exact) mass is 325 g/mol. The van der Waals surface area contributed by atoms with Crippen LogP contribution in [-0.4, -0.2) is 21.7 Å². The van der Waals surface area contributed by atoms with E-state index in [2.05, 4.69) is 10.4 Å². The summed E-state index contributed by atoms with van der Waals surface area (Å²) < 4.78 is 20.3. The second kappa shape index (κ2) is 5.63. The fraction of sp³-hybridized carbons (Fsp3) is 0.222. The van der Waals surface area contributed by atoms with Crippen molar-refractivity contribution in [2.75, 3.05) is 0 Å². The van der Waals surface area contributed by atoms with Crippen molar-refractivity contribution in [3.8, 4) is 17.1 Å². The minimum atomic E-state index is -0.336. The highest BCUT2D eigenvalue weighted by Gasteiger charge is 2.26. The Labute approximate surface area is 138 Å². The maximum absolute atomic E-state index is 13.2. The number of nitrogens with zero attached hydrogens (tertiary/aromatic N) is 2. The van der Waals surface area contributed by atoms with Crippen molar-refractivity contribution in [1.82, 2.24) is 15.1 Å². The first-order valence-corrected chi connectivity index (χ1v) is 7.84. The number of hydrogen-bond acceptors (Lipinski definition) is 3. The zero-order valence-corrected chi connectivity index (χ0v) is 13.1. The lowest BCUT2D eigenvalue weighted by Crippen LogP contribution is -2.27. The highest BCUT2D eigenvalue weighted by molar-refractivity contribution is 5.94. The molecule has 6 heteroatoms. The van der Waals surface area contributed by atoms with E-state index in [1.54, 1.807) is 18.2 Å². The molecule has 1 aliphatic carbocycles. The number of amides is 1. The lowest BCUT2D eigenvalue weighted by molar-refractivity contribution is 0.0943. The highest BCUT2D eigenvalue weighted by Crippen LogP contribution is 2.25. The van der Waals surface area contributed by atoms with Crippen LogP contribution in [0.1, 0.15) is 29.1 Å². The average Bonchev–Trinajstić information content (AvgIpc) is 3.09. The number of halogens is 1. The van der Waals surface area contributed by atoms with E-state index in [1.165, 1.54) is 16.8 Å². The molecule has 0 aliphatic heterocycles. The van der Waals surface area contributed by atoms with Crippen LogP contribution in [0.15, 0.2) is 46.9 Å². The summed E-state index contributed by atoms with van der Waals surface area (Å²) >= 11 is 0. The van der Waals surface area contributed by atoms with Crippen molar-refractivity contribution in [2.24, 2.45) is 0 Å². The average molecular weight is 325 g/mol. The van der Waals surface area contributed by atoms with Crippen LogP contribution in [0.25, 0.3) is 17.1 Å². The number of nitrogens with one attached hydrogen (secondary N) is 1. The molecule has 0 bridgehead atoms. The summed E-state index contributed by atoms with van der Waals surface area (Å²) in [5.41, 5.74) is 1.58. The lowest BCUT2D eigenvalue weighted by Gasteiger charge is -2.07. The standard InChI is InChI=1S/C18H16FN3O2/c1-11-2-9-17(24-11)15-10-16(18(23)20-13-5-6-13)22(21-15)14-7-3-12(19)4-8-14/h2-4,7-10,13H,5-6H2,1H3,(H,20,23). The Morgan fingerprint density at radius 2 is 2.00 bits per heavy atom. The molecule has 0 saturated heterocycles. The zero-order valence-electron chi connectivity index (χ0n) is 13.1. The number of rotatable bonds is 4. The topological polar surface area (TPSA) is 60.1 Å². The number of carbonyl (C=O) groups excluding carboxylic acids is 1. The van der Waals surface area contributed by atoms with E-state index in [1.807, 2.05) is 19.1 Å². The highest BCUT2D eigenvalue weighted by atomic mass is 19.1. The van der Waals surface area contributed by atoms with Gasteiger partial charge in [-0.15, -0.1) is 0 Å². The van der Waals surface area contributed by atoms with Gasteiger partial charge in [-0.2, -0.15) is 5.10 Å². The third-order valence-corrected chi connectivity index (χ3v) is 3.92. The third-order valence-electron chi connectivity index (χ3n) is 3.92. The molecule has 2 heterocycles. The van der Waals surface area contributed by atoms with Gasteiger partial charge in [-0.3, -0.25) is 4.79 Å². The van der Waals surface area contributed by atoms with Crippen molar-refractivity contribution in [3.05, 3.63) is 59.7 Å². The lowest BCUT2D eigenvalue weighted by atomic mass is 10.2. The number of carbonyl (C=O) groups is 1. The van der Waals surface area contributed by atoms with Crippen molar-refractivity contribution in [2.45, 2.75) is 25.8 Å². The molecular formula is C18H16FN3O2. The van der Waals surface area contributed by atoms with Gasteiger partial charge in [0.1, 0.15) is 23.0 Å². The first-order valence-electron chi connectivity index (χ1n) is 7.84. The second-order valence-electron chi connectivity index (χ2n) is 5.96. The van der Waals surface area contributed by atoms with E-state index >= 15 is 0 Å². The maximum Gasteiger partial charge on any atom is 0.270 e. The molecule has 1 fully saturated rings. The summed E-state index contributed by atoms with van der Waals surface area (Å²) in [6.07, 6.45) is 2.00. The van der Waals surface area contributed by atoms with Gasteiger partial charge in [-0.25, -0.2) is 9.07 Å². The molecule has 24 heavy (non-hydrogen) atoms. The SMILES string of the molecule is Cc1ccc(-c2cc(C(=O)NC3CC3)n(-c3ccc(F)cc3)n2)o1. The predicted octanol–water partition coefficient (Wildman–Crippen LogP) is 3.47. The Morgan fingerprint density at radius 1 is 1.25 bits per heavy atom. The Kier molecular flexibility index (Phi) is 3.45. The number of hydrogen-bond donors (Lipinski definition) is 1. The number of benzene rings is 1. The fourth-order valence-electron chi connectivity index (χ4n) is 2.50. The molecule has 122 valence electrons. The van der Waals surface area contributed by atoms with Crippen molar-refractivity contribution >= 4 is 5.91 Å². The molecule has 3 aromatic rings. The minimum Gasteiger partial charge on any atom is -0.460 e. The van der Waals surface area contributed by atoms with Gasteiger partial charge in [0.2, 0.25) is 0 Å². The smallest absolute Gasteiger partial charge is 0.270 e. The molecule has 1 N–H and O–H groups in total. The maximum atomic E-state index is 13.2. The van der Waals surface area contributed by atoms with Gasteiger partial charge in [0.15, 0.2) is 5.76 Å². The van der Waals surface area contributed by atoms with Crippen LogP contribution < -0.4 is 5.32 Å². The van der Waals surface area contributed by atoms with Crippen molar-refractivity contribution in [1.29, 1.82) is 0 Å².